The van der Waals surface area contributed by atoms with Gasteiger partial charge in [-0.15, -0.1) is 0 Å². The van der Waals surface area contributed by atoms with Gasteiger partial charge in [0.25, 0.3) is 0 Å². The summed E-state index contributed by atoms with van der Waals surface area (Å²) >= 11 is 0. The maximum absolute atomic E-state index is 11.7. The van der Waals surface area contributed by atoms with E-state index in [-0.39, 0.29) is 18.9 Å². The zero-order chi connectivity index (χ0) is 14.3. The first-order valence-electron chi connectivity index (χ1n) is 6.11. The van der Waals surface area contributed by atoms with Gasteiger partial charge in [-0.05, 0) is 18.6 Å². The van der Waals surface area contributed by atoms with Crippen LogP contribution in [0, 0.1) is 0 Å². The van der Waals surface area contributed by atoms with Crippen molar-refractivity contribution >= 4 is 17.5 Å². The topological polar surface area (TPSA) is 107 Å². The highest BCUT2D eigenvalue weighted by atomic mass is 16.5. The number of amides is 2. The van der Waals surface area contributed by atoms with Crippen molar-refractivity contribution in [3.05, 3.63) is 24.3 Å². The molecule has 0 bridgehead atoms. The lowest BCUT2D eigenvalue weighted by Gasteiger charge is -2.14. The van der Waals surface area contributed by atoms with Crippen LogP contribution in [0.3, 0.4) is 0 Å². The van der Waals surface area contributed by atoms with Crippen molar-refractivity contribution in [1.29, 1.82) is 0 Å². The minimum absolute atomic E-state index is 0.122. The Morgan fingerprint density at radius 3 is 2.68 bits per heavy atom. The van der Waals surface area contributed by atoms with Crippen LogP contribution in [0.1, 0.15) is 19.8 Å². The number of primary amides is 1. The van der Waals surface area contributed by atoms with Gasteiger partial charge in [0, 0.05) is 0 Å². The van der Waals surface area contributed by atoms with Crippen molar-refractivity contribution in [2.45, 2.75) is 25.8 Å². The molecule has 2 amide bonds. The fourth-order valence-electron chi connectivity index (χ4n) is 1.37. The molecule has 104 valence electrons. The van der Waals surface area contributed by atoms with Gasteiger partial charge in [0.1, 0.15) is 5.75 Å². The summed E-state index contributed by atoms with van der Waals surface area (Å²) in [4.78, 5) is 22.3. The summed E-state index contributed by atoms with van der Waals surface area (Å²) in [6.07, 6.45) is 0.674. The van der Waals surface area contributed by atoms with E-state index in [0.29, 0.717) is 17.9 Å². The molecule has 19 heavy (non-hydrogen) atoms. The minimum atomic E-state index is -0.557. The predicted octanol–water partition coefficient (Wildman–Crippen LogP) is 0.617. The molecular weight excluding hydrogens is 246 g/mol. The van der Waals surface area contributed by atoms with E-state index in [9.17, 15) is 9.59 Å². The number of nitrogens with one attached hydrogen (secondary N) is 1. The van der Waals surface area contributed by atoms with E-state index in [1.807, 2.05) is 6.92 Å². The van der Waals surface area contributed by atoms with Crippen molar-refractivity contribution in [3.8, 4) is 5.75 Å². The van der Waals surface area contributed by atoms with E-state index in [1.165, 1.54) is 0 Å². The number of para-hydroxylation sites is 2. The average molecular weight is 265 g/mol. The van der Waals surface area contributed by atoms with Gasteiger partial charge in [-0.25, -0.2) is 0 Å². The Labute approximate surface area is 112 Å². The standard InChI is InChI=1S/C13H19N3O3/c1-2-9(14)13(18)16-10-5-3-4-6-11(10)19-8-7-12(15)17/h3-6,9H,2,7-8,14H2,1H3,(H2,15,17)(H,16,18)/t9-/m0/s1. The van der Waals surface area contributed by atoms with Gasteiger partial charge in [0.2, 0.25) is 11.8 Å². The molecule has 6 heteroatoms. The van der Waals surface area contributed by atoms with E-state index < -0.39 is 11.9 Å². The number of nitrogens with two attached hydrogens (primary N) is 2. The lowest BCUT2D eigenvalue weighted by Crippen LogP contribution is -2.34. The second kappa shape index (κ2) is 7.38. The lowest BCUT2D eigenvalue weighted by molar-refractivity contribution is -0.119. The third-order valence-electron chi connectivity index (χ3n) is 2.53. The zero-order valence-electron chi connectivity index (χ0n) is 10.9. The molecule has 0 saturated carbocycles. The van der Waals surface area contributed by atoms with Gasteiger partial charge in [-0.3, -0.25) is 9.59 Å². The Bertz CT molecular complexity index is 449. The molecule has 0 fully saturated rings. The van der Waals surface area contributed by atoms with Crippen molar-refractivity contribution < 1.29 is 14.3 Å². The molecule has 0 heterocycles. The molecule has 0 aliphatic rings. The number of hydrogen-bond donors (Lipinski definition) is 3. The Morgan fingerprint density at radius 2 is 2.05 bits per heavy atom. The maximum Gasteiger partial charge on any atom is 0.241 e. The summed E-state index contributed by atoms with van der Waals surface area (Å²) in [5, 5.41) is 2.69. The zero-order valence-corrected chi connectivity index (χ0v) is 10.9. The van der Waals surface area contributed by atoms with Crippen LogP contribution < -0.4 is 21.5 Å². The Morgan fingerprint density at radius 1 is 1.37 bits per heavy atom. The largest absolute Gasteiger partial charge is 0.491 e. The summed E-state index contributed by atoms with van der Waals surface area (Å²) in [6.45, 7) is 2.00. The molecule has 5 N–H and O–H groups in total. The van der Waals surface area contributed by atoms with Gasteiger partial charge in [-0.1, -0.05) is 19.1 Å². The third-order valence-corrected chi connectivity index (χ3v) is 2.53. The number of carbonyl (C=O) groups excluding carboxylic acids is 2. The molecule has 6 nitrogen and oxygen atoms in total. The van der Waals surface area contributed by atoms with Gasteiger partial charge in [0.05, 0.1) is 24.8 Å². The van der Waals surface area contributed by atoms with Crippen LogP contribution in [0.25, 0.3) is 0 Å². The normalized spacial score (nSPS) is 11.7. The molecule has 0 aromatic heterocycles. The molecule has 0 radical (unpaired) electrons. The van der Waals surface area contributed by atoms with Gasteiger partial charge in [0.15, 0.2) is 0 Å². The second-order valence-electron chi connectivity index (χ2n) is 4.06. The van der Waals surface area contributed by atoms with Crippen molar-refractivity contribution in [2.24, 2.45) is 11.5 Å². The molecule has 1 atom stereocenters. The fraction of sp³-hybridized carbons (Fsp3) is 0.385. The molecular formula is C13H19N3O3. The van der Waals surface area contributed by atoms with Crippen molar-refractivity contribution in [2.75, 3.05) is 11.9 Å². The molecule has 1 aromatic carbocycles. The van der Waals surface area contributed by atoms with E-state index in [2.05, 4.69) is 5.32 Å². The first-order valence-corrected chi connectivity index (χ1v) is 6.11. The van der Waals surface area contributed by atoms with Crippen LogP contribution in [0.15, 0.2) is 24.3 Å². The van der Waals surface area contributed by atoms with Crippen LogP contribution in [0.4, 0.5) is 5.69 Å². The molecule has 0 unspecified atom stereocenters. The lowest BCUT2D eigenvalue weighted by atomic mass is 10.2. The van der Waals surface area contributed by atoms with Crippen LogP contribution in [-0.2, 0) is 9.59 Å². The number of anilines is 1. The average Bonchev–Trinajstić information content (AvgIpc) is 2.39. The van der Waals surface area contributed by atoms with Gasteiger partial charge in [-0.2, -0.15) is 0 Å². The van der Waals surface area contributed by atoms with E-state index in [1.54, 1.807) is 24.3 Å². The smallest absolute Gasteiger partial charge is 0.241 e. The maximum atomic E-state index is 11.7. The van der Waals surface area contributed by atoms with E-state index in [4.69, 9.17) is 16.2 Å². The van der Waals surface area contributed by atoms with E-state index in [0.717, 1.165) is 0 Å². The highest BCUT2D eigenvalue weighted by Crippen LogP contribution is 2.24. The van der Waals surface area contributed by atoms with Crippen LogP contribution in [-0.4, -0.2) is 24.5 Å². The Kier molecular flexibility index (Phi) is 5.81. The summed E-state index contributed by atoms with van der Waals surface area (Å²) in [5.74, 6) is -0.219. The molecule has 1 rings (SSSR count). The van der Waals surface area contributed by atoms with Crippen molar-refractivity contribution in [1.82, 2.24) is 0 Å². The second-order valence-corrected chi connectivity index (χ2v) is 4.06. The van der Waals surface area contributed by atoms with Crippen LogP contribution >= 0.6 is 0 Å². The van der Waals surface area contributed by atoms with Crippen molar-refractivity contribution in [3.63, 3.8) is 0 Å². The molecule has 0 spiro atoms. The Hall–Kier alpha value is -2.08. The summed E-state index contributed by atoms with van der Waals surface area (Å²) in [6, 6.07) is 6.40. The number of ether oxygens (including phenoxy) is 1. The minimum Gasteiger partial charge on any atom is -0.491 e. The third kappa shape index (κ3) is 4.97. The number of rotatable bonds is 7. The predicted molar refractivity (Wildman–Crippen MR) is 72.6 cm³/mol. The monoisotopic (exact) mass is 265 g/mol. The number of hydrogen-bond acceptors (Lipinski definition) is 4. The highest BCUT2D eigenvalue weighted by molar-refractivity contribution is 5.95. The van der Waals surface area contributed by atoms with Crippen LogP contribution in [0.5, 0.6) is 5.75 Å². The first-order chi connectivity index (χ1) is 9.04. The highest BCUT2D eigenvalue weighted by Gasteiger charge is 2.13. The molecule has 0 aliphatic carbocycles. The SMILES string of the molecule is CC[C@H](N)C(=O)Nc1ccccc1OCCC(N)=O. The first kappa shape index (κ1) is 15.0. The van der Waals surface area contributed by atoms with Gasteiger partial charge >= 0.3 is 0 Å². The summed E-state index contributed by atoms with van der Waals surface area (Å²) < 4.78 is 5.41. The van der Waals surface area contributed by atoms with Crippen LogP contribution in [0.2, 0.25) is 0 Å². The van der Waals surface area contributed by atoms with Gasteiger partial charge < -0.3 is 21.5 Å². The number of carbonyl (C=O) groups is 2. The number of benzene rings is 1. The van der Waals surface area contributed by atoms with E-state index >= 15 is 0 Å². The summed E-state index contributed by atoms with van der Waals surface area (Å²) in [7, 11) is 0. The molecule has 0 aliphatic heterocycles. The molecule has 0 saturated heterocycles. The molecule has 1 aromatic rings. The fourth-order valence-corrected chi connectivity index (χ4v) is 1.37. The summed E-state index contributed by atoms with van der Waals surface area (Å²) in [5.41, 5.74) is 11.2. The quantitative estimate of drug-likeness (QED) is 0.671. The Balaban J connectivity index is 2.67.